The minimum Gasteiger partial charge on any atom is -0.455 e. The highest BCUT2D eigenvalue weighted by atomic mass is 35.5. The fourth-order valence-electron chi connectivity index (χ4n) is 1.46. The second-order valence-electron chi connectivity index (χ2n) is 2.76. The molecule has 4 heteroatoms. The lowest BCUT2D eigenvalue weighted by atomic mass is 10.0. The number of alkyl halides is 2. The van der Waals surface area contributed by atoms with Gasteiger partial charge in [0, 0.05) is 5.92 Å². The zero-order chi connectivity index (χ0) is 8.06. The van der Waals surface area contributed by atoms with Gasteiger partial charge in [-0.05, 0) is 12.5 Å². The van der Waals surface area contributed by atoms with Gasteiger partial charge in [0.1, 0.15) is 6.10 Å². The minimum atomic E-state index is -1.33. The Morgan fingerprint density at radius 2 is 2.36 bits per heavy atom. The van der Waals surface area contributed by atoms with Crippen molar-refractivity contribution >= 4 is 29.2 Å². The molecule has 0 amide bonds. The van der Waals surface area contributed by atoms with Gasteiger partial charge in [0.25, 0.3) is 0 Å². The number of rotatable bonds is 0. The van der Waals surface area contributed by atoms with Gasteiger partial charge in [-0.1, -0.05) is 29.3 Å². The maximum atomic E-state index is 11.0. The van der Waals surface area contributed by atoms with Crippen molar-refractivity contribution in [3.8, 4) is 0 Å². The molecule has 2 aliphatic rings. The van der Waals surface area contributed by atoms with Crippen LogP contribution in [0, 0.1) is 5.92 Å². The van der Waals surface area contributed by atoms with Gasteiger partial charge in [-0.3, -0.25) is 0 Å². The first-order valence-electron chi connectivity index (χ1n) is 3.38. The molecule has 0 N–H and O–H groups in total. The SMILES string of the molecule is O=C1O[C@H]2C=CC[C@H]2C1(Cl)Cl. The summed E-state index contributed by atoms with van der Waals surface area (Å²) < 4.78 is 3.59. The third-order valence-electron chi connectivity index (χ3n) is 2.09. The van der Waals surface area contributed by atoms with Crippen LogP contribution in [-0.4, -0.2) is 16.4 Å². The molecule has 1 saturated heterocycles. The molecule has 1 aliphatic carbocycles. The summed E-state index contributed by atoms with van der Waals surface area (Å²) in [7, 11) is 0. The molecule has 0 aromatic carbocycles. The van der Waals surface area contributed by atoms with E-state index in [9.17, 15) is 4.79 Å². The summed E-state index contributed by atoms with van der Waals surface area (Å²) in [5.41, 5.74) is 0. The summed E-state index contributed by atoms with van der Waals surface area (Å²) >= 11 is 11.5. The van der Waals surface area contributed by atoms with Gasteiger partial charge in [0.05, 0.1) is 0 Å². The molecule has 2 nitrogen and oxygen atoms in total. The summed E-state index contributed by atoms with van der Waals surface area (Å²) in [6.45, 7) is 0. The van der Waals surface area contributed by atoms with E-state index in [0.29, 0.717) is 0 Å². The molecular formula is C7H6Cl2O2. The topological polar surface area (TPSA) is 26.3 Å². The summed E-state index contributed by atoms with van der Waals surface area (Å²) in [4.78, 5) is 11.0. The van der Waals surface area contributed by atoms with E-state index in [1.165, 1.54) is 0 Å². The molecule has 0 spiro atoms. The Labute approximate surface area is 74.1 Å². The number of carbonyl (C=O) groups excluding carboxylic acids is 1. The van der Waals surface area contributed by atoms with E-state index >= 15 is 0 Å². The highest BCUT2D eigenvalue weighted by Crippen LogP contribution is 2.46. The third-order valence-corrected chi connectivity index (χ3v) is 2.96. The number of halogens is 2. The van der Waals surface area contributed by atoms with Gasteiger partial charge < -0.3 is 4.74 Å². The summed E-state index contributed by atoms with van der Waals surface area (Å²) in [5.74, 6) is -0.599. The number of carbonyl (C=O) groups is 1. The van der Waals surface area contributed by atoms with E-state index < -0.39 is 10.3 Å². The number of allylic oxidation sites excluding steroid dienone is 1. The number of fused-ring (bicyclic) bond motifs is 1. The molecule has 0 saturated carbocycles. The Bertz CT molecular complexity index is 235. The van der Waals surface area contributed by atoms with Crippen LogP contribution in [-0.2, 0) is 9.53 Å². The van der Waals surface area contributed by atoms with Crippen LogP contribution in [0.5, 0.6) is 0 Å². The molecule has 0 unspecified atom stereocenters. The predicted molar refractivity (Wildman–Crippen MR) is 41.6 cm³/mol. The highest BCUT2D eigenvalue weighted by molar-refractivity contribution is 6.58. The highest BCUT2D eigenvalue weighted by Gasteiger charge is 2.55. The predicted octanol–water partition coefficient (Wildman–Crippen LogP) is 1.66. The Morgan fingerprint density at radius 1 is 1.64 bits per heavy atom. The van der Waals surface area contributed by atoms with Gasteiger partial charge >= 0.3 is 5.97 Å². The van der Waals surface area contributed by atoms with Crippen LogP contribution in [0.4, 0.5) is 0 Å². The standard InChI is InChI=1S/C7H6Cl2O2/c8-7(9)4-2-1-3-5(4)11-6(7)10/h1,3-5H,2H2/t4-,5+/m1/s1. The minimum absolute atomic E-state index is 0.0849. The van der Waals surface area contributed by atoms with Crippen LogP contribution in [0.15, 0.2) is 12.2 Å². The normalized spacial score (nSPS) is 38.9. The second kappa shape index (κ2) is 2.14. The van der Waals surface area contributed by atoms with Crippen LogP contribution in [0.2, 0.25) is 0 Å². The van der Waals surface area contributed by atoms with Crippen molar-refractivity contribution < 1.29 is 9.53 Å². The zero-order valence-corrected chi connectivity index (χ0v) is 7.10. The lowest BCUT2D eigenvalue weighted by molar-refractivity contribution is -0.140. The molecule has 2 rings (SSSR count). The Morgan fingerprint density at radius 3 is 3.00 bits per heavy atom. The zero-order valence-electron chi connectivity index (χ0n) is 5.59. The molecule has 1 fully saturated rings. The fourth-order valence-corrected chi connectivity index (χ4v) is 1.97. The van der Waals surface area contributed by atoms with Gasteiger partial charge in [-0.15, -0.1) is 0 Å². The first kappa shape index (κ1) is 7.44. The number of hydrogen-bond donors (Lipinski definition) is 0. The molecule has 0 radical (unpaired) electrons. The average Bonchev–Trinajstić information content (AvgIpc) is 2.41. The monoisotopic (exact) mass is 192 g/mol. The summed E-state index contributed by atoms with van der Waals surface area (Å²) in [5, 5.41) is 0. The smallest absolute Gasteiger partial charge is 0.343 e. The molecule has 0 aromatic rings. The van der Waals surface area contributed by atoms with Crippen molar-refractivity contribution in [2.45, 2.75) is 16.9 Å². The van der Waals surface area contributed by atoms with Crippen molar-refractivity contribution in [1.29, 1.82) is 0 Å². The molecule has 11 heavy (non-hydrogen) atoms. The molecule has 1 aliphatic heterocycles. The van der Waals surface area contributed by atoms with E-state index in [2.05, 4.69) is 0 Å². The van der Waals surface area contributed by atoms with Crippen LogP contribution in [0.1, 0.15) is 6.42 Å². The summed E-state index contributed by atoms with van der Waals surface area (Å²) in [6.07, 6.45) is 4.29. The molecule has 0 bridgehead atoms. The molecular weight excluding hydrogens is 187 g/mol. The van der Waals surface area contributed by atoms with Crippen LogP contribution in [0.3, 0.4) is 0 Å². The van der Waals surface area contributed by atoms with Crippen LogP contribution < -0.4 is 0 Å². The van der Waals surface area contributed by atoms with Crippen LogP contribution >= 0.6 is 23.2 Å². The molecule has 2 atom stereocenters. The Hall–Kier alpha value is -0.210. The first-order chi connectivity index (χ1) is 5.12. The number of ether oxygens (including phenoxy) is 1. The maximum absolute atomic E-state index is 11.0. The number of hydrogen-bond acceptors (Lipinski definition) is 2. The third kappa shape index (κ3) is 0.893. The van der Waals surface area contributed by atoms with E-state index in [-0.39, 0.29) is 12.0 Å². The van der Waals surface area contributed by atoms with E-state index in [0.717, 1.165) is 6.42 Å². The van der Waals surface area contributed by atoms with E-state index in [1.807, 2.05) is 12.2 Å². The van der Waals surface area contributed by atoms with Crippen molar-refractivity contribution in [3.05, 3.63) is 12.2 Å². The first-order valence-corrected chi connectivity index (χ1v) is 4.13. The Balaban J connectivity index is 2.32. The van der Waals surface area contributed by atoms with Crippen molar-refractivity contribution in [1.82, 2.24) is 0 Å². The maximum Gasteiger partial charge on any atom is 0.343 e. The van der Waals surface area contributed by atoms with Gasteiger partial charge in [-0.2, -0.15) is 0 Å². The van der Waals surface area contributed by atoms with E-state index in [1.54, 1.807) is 0 Å². The summed E-state index contributed by atoms with van der Waals surface area (Å²) in [6, 6.07) is 0. The molecule has 0 aromatic heterocycles. The van der Waals surface area contributed by atoms with Gasteiger partial charge in [-0.25, -0.2) is 4.79 Å². The van der Waals surface area contributed by atoms with Crippen molar-refractivity contribution in [2.24, 2.45) is 5.92 Å². The number of esters is 1. The fraction of sp³-hybridized carbons (Fsp3) is 0.571. The van der Waals surface area contributed by atoms with Gasteiger partial charge in [0.15, 0.2) is 0 Å². The van der Waals surface area contributed by atoms with Gasteiger partial charge in [0.2, 0.25) is 4.33 Å². The van der Waals surface area contributed by atoms with Crippen LogP contribution in [0.25, 0.3) is 0 Å². The average molecular weight is 193 g/mol. The molecule has 1 heterocycles. The quantitative estimate of drug-likeness (QED) is 0.332. The van der Waals surface area contributed by atoms with Crippen molar-refractivity contribution in [2.75, 3.05) is 0 Å². The van der Waals surface area contributed by atoms with Crippen molar-refractivity contribution in [3.63, 3.8) is 0 Å². The lowest BCUT2D eigenvalue weighted by Crippen LogP contribution is -2.27. The second-order valence-corrected chi connectivity index (χ2v) is 4.15. The van der Waals surface area contributed by atoms with E-state index in [4.69, 9.17) is 27.9 Å². The Kier molecular flexibility index (Phi) is 1.45. The molecule has 60 valence electrons. The lowest BCUT2D eigenvalue weighted by Gasteiger charge is -2.13. The largest absolute Gasteiger partial charge is 0.455 e.